The minimum absolute atomic E-state index is 0.472. The number of rotatable bonds is 6. The Morgan fingerprint density at radius 1 is 1.57 bits per heavy atom. The minimum Gasteiger partial charge on any atom is -0.384 e. The van der Waals surface area contributed by atoms with E-state index in [1.54, 1.807) is 6.20 Å². The van der Waals surface area contributed by atoms with Gasteiger partial charge in [0.25, 0.3) is 0 Å². The molecule has 3 atom stereocenters. The molecular formula is C16H27BrN2O2. The van der Waals surface area contributed by atoms with Crippen molar-refractivity contribution in [3.8, 4) is 0 Å². The lowest BCUT2D eigenvalue weighted by Gasteiger charge is -2.43. The van der Waals surface area contributed by atoms with E-state index in [1.807, 2.05) is 11.6 Å². The van der Waals surface area contributed by atoms with Crippen LogP contribution in [0.4, 0.5) is 0 Å². The summed E-state index contributed by atoms with van der Waals surface area (Å²) in [4.78, 5) is 0. The smallest absolute Gasteiger partial charge is 0.126 e. The molecule has 0 aromatic carbocycles. The molecule has 1 N–H and O–H groups in total. The van der Waals surface area contributed by atoms with E-state index >= 15 is 0 Å². The van der Waals surface area contributed by atoms with Crippen LogP contribution in [-0.4, -0.2) is 27.1 Å². The first-order valence-corrected chi connectivity index (χ1v) is 8.86. The van der Waals surface area contributed by atoms with Crippen LogP contribution >= 0.6 is 15.9 Å². The molecule has 0 radical (unpaired) electrons. The normalized spacial score (nSPS) is 27.8. The summed E-state index contributed by atoms with van der Waals surface area (Å²) in [5.41, 5.74) is 0.389. The molecule has 21 heavy (non-hydrogen) atoms. The van der Waals surface area contributed by atoms with Gasteiger partial charge in [0, 0.05) is 13.2 Å². The SMILES string of the molecule is CCCn1ncc(Br)c1C(O)C1(OCC)CCCC(C)C1. The number of halogens is 1. The highest BCUT2D eigenvalue weighted by Crippen LogP contribution is 2.45. The van der Waals surface area contributed by atoms with E-state index in [0.29, 0.717) is 12.5 Å². The van der Waals surface area contributed by atoms with E-state index in [4.69, 9.17) is 4.74 Å². The van der Waals surface area contributed by atoms with Gasteiger partial charge in [0.05, 0.1) is 22.0 Å². The predicted molar refractivity (Wildman–Crippen MR) is 87.2 cm³/mol. The number of aliphatic hydroxyl groups excluding tert-OH is 1. The first kappa shape index (κ1) is 17.0. The maximum Gasteiger partial charge on any atom is 0.126 e. The zero-order valence-corrected chi connectivity index (χ0v) is 14.9. The highest BCUT2D eigenvalue weighted by Gasteiger charge is 2.44. The van der Waals surface area contributed by atoms with E-state index < -0.39 is 11.7 Å². The van der Waals surface area contributed by atoms with Gasteiger partial charge in [0.1, 0.15) is 6.10 Å². The number of hydrogen-bond donors (Lipinski definition) is 1. The van der Waals surface area contributed by atoms with Crippen molar-refractivity contribution in [3.05, 3.63) is 16.4 Å². The van der Waals surface area contributed by atoms with Gasteiger partial charge in [-0.2, -0.15) is 5.10 Å². The van der Waals surface area contributed by atoms with Gasteiger partial charge >= 0.3 is 0 Å². The van der Waals surface area contributed by atoms with Gasteiger partial charge in [-0.1, -0.05) is 26.7 Å². The molecular weight excluding hydrogens is 332 g/mol. The average molecular weight is 359 g/mol. The van der Waals surface area contributed by atoms with E-state index in [9.17, 15) is 5.11 Å². The molecule has 1 fully saturated rings. The fourth-order valence-corrected chi connectivity index (χ4v) is 4.09. The molecule has 0 saturated heterocycles. The number of hydrogen-bond acceptors (Lipinski definition) is 3. The summed E-state index contributed by atoms with van der Waals surface area (Å²) in [6.45, 7) is 7.82. The van der Waals surface area contributed by atoms with Gasteiger partial charge in [-0.3, -0.25) is 4.68 Å². The van der Waals surface area contributed by atoms with E-state index in [0.717, 1.165) is 42.4 Å². The van der Waals surface area contributed by atoms with Gasteiger partial charge in [-0.15, -0.1) is 0 Å². The van der Waals surface area contributed by atoms with Crippen molar-refractivity contribution >= 4 is 15.9 Å². The number of nitrogens with zero attached hydrogens (tertiary/aromatic N) is 2. The molecule has 2 rings (SSSR count). The quantitative estimate of drug-likeness (QED) is 0.833. The Morgan fingerprint density at radius 3 is 2.95 bits per heavy atom. The van der Waals surface area contributed by atoms with E-state index in [-0.39, 0.29) is 0 Å². The minimum atomic E-state index is -0.636. The third kappa shape index (κ3) is 3.51. The fourth-order valence-electron chi connectivity index (χ4n) is 3.57. The molecule has 0 amide bonds. The molecule has 120 valence electrons. The molecule has 1 aromatic heterocycles. The lowest BCUT2D eigenvalue weighted by molar-refractivity contribution is -0.152. The largest absolute Gasteiger partial charge is 0.384 e. The monoisotopic (exact) mass is 358 g/mol. The van der Waals surface area contributed by atoms with Crippen molar-refractivity contribution in [1.82, 2.24) is 9.78 Å². The van der Waals surface area contributed by atoms with Crippen LogP contribution in [0, 0.1) is 5.92 Å². The lowest BCUT2D eigenvalue weighted by Crippen LogP contribution is -2.44. The van der Waals surface area contributed by atoms with Crippen LogP contribution in [0.3, 0.4) is 0 Å². The van der Waals surface area contributed by atoms with Crippen LogP contribution in [0.5, 0.6) is 0 Å². The second-order valence-electron chi connectivity index (χ2n) is 6.20. The summed E-state index contributed by atoms with van der Waals surface area (Å²) in [6, 6.07) is 0. The summed E-state index contributed by atoms with van der Waals surface area (Å²) in [6.07, 6.45) is 6.28. The second-order valence-corrected chi connectivity index (χ2v) is 7.06. The average Bonchev–Trinajstić information content (AvgIpc) is 2.80. The molecule has 5 heteroatoms. The molecule has 0 aliphatic heterocycles. The standard InChI is InChI=1S/C16H27BrN2O2/c1-4-9-19-14(13(17)11-18-19)15(20)16(21-5-2)8-6-7-12(3)10-16/h11-12,15,20H,4-10H2,1-3H3. The first-order valence-electron chi connectivity index (χ1n) is 8.07. The van der Waals surface area contributed by atoms with Gasteiger partial charge < -0.3 is 9.84 Å². The van der Waals surface area contributed by atoms with Crippen molar-refractivity contribution in [2.24, 2.45) is 5.92 Å². The Labute approximate surface area is 136 Å². The zero-order chi connectivity index (χ0) is 15.5. The topological polar surface area (TPSA) is 47.3 Å². The second kappa shape index (κ2) is 7.25. The summed E-state index contributed by atoms with van der Waals surface area (Å²) in [5, 5.41) is 15.5. The Morgan fingerprint density at radius 2 is 2.33 bits per heavy atom. The van der Waals surface area contributed by atoms with Crippen molar-refractivity contribution < 1.29 is 9.84 Å². The van der Waals surface area contributed by atoms with Crippen LogP contribution in [0.2, 0.25) is 0 Å². The maximum absolute atomic E-state index is 11.1. The van der Waals surface area contributed by atoms with Crippen LogP contribution in [0.15, 0.2) is 10.7 Å². The number of aromatic nitrogens is 2. The summed E-state index contributed by atoms with van der Waals surface area (Å²) < 4.78 is 8.89. The van der Waals surface area contributed by atoms with Crippen molar-refractivity contribution in [2.45, 2.75) is 71.1 Å². The van der Waals surface area contributed by atoms with Crippen molar-refractivity contribution in [1.29, 1.82) is 0 Å². The van der Waals surface area contributed by atoms with Crippen LogP contribution in [0.1, 0.15) is 64.7 Å². The lowest BCUT2D eigenvalue weighted by atomic mass is 9.74. The van der Waals surface area contributed by atoms with Gasteiger partial charge in [-0.05, 0) is 48.0 Å². The molecule has 1 saturated carbocycles. The molecule has 1 heterocycles. The van der Waals surface area contributed by atoms with Crippen LogP contribution in [-0.2, 0) is 11.3 Å². The fraction of sp³-hybridized carbons (Fsp3) is 0.812. The maximum atomic E-state index is 11.1. The number of ether oxygens (including phenoxy) is 1. The number of aryl methyl sites for hydroxylation is 1. The predicted octanol–water partition coefficient (Wildman–Crippen LogP) is 4.07. The Bertz CT molecular complexity index is 459. The van der Waals surface area contributed by atoms with Crippen molar-refractivity contribution in [3.63, 3.8) is 0 Å². The van der Waals surface area contributed by atoms with Crippen LogP contribution < -0.4 is 0 Å². The third-order valence-electron chi connectivity index (χ3n) is 4.45. The van der Waals surface area contributed by atoms with Gasteiger partial charge in [0.15, 0.2) is 0 Å². The molecule has 0 bridgehead atoms. The van der Waals surface area contributed by atoms with Crippen molar-refractivity contribution in [2.75, 3.05) is 6.61 Å². The Hall–Kier alpha value is -0.390. The zero-order valence-electron chi connectivity index (χ0n) is 13.3. The molecule has 1 aliphatic carbocycles. The highest BCUT2D eigenvalue weighted by molar-refractivity contribution is 9.10. The first-order chi connectivity index (χ1) is 10.0. The highest BCUT2D eigenvalue weighted by atomic mass is 79.9. The third-order valence-corrected chi connectivity index (χ3v) is 5.06. The van der Waals surface area contributed by atoms with Crippen LogP contribution in [0.25, 0.3) is 0 Å². The van der Waals surface area contributed by atoms with E-state index in [2.05, 4.69) is 34.9 Å². The van der Waals surface area contributed by atoms with E-state index in [1.165, 1.54) is 6.42 Å². The van der Waals surface area contributed by atoms with Gasteiger partial charge in [0.2, 0.25) is 0 Å². The molecule has 1 aliphatic rings. The summed E-state index contributed by atoms with van der Waals surface area (Å²) in [7, 11) is 0. The molecule has 1 aromatic rings. The molecule has 4 nitrogen and oxygen atoms in total. The summed E-state index contributed by atoms with van der Waals surface area (Å²) in [5.74, 6) is 0.585. The Kier molecular flexibility index (Phi) is 5.86. The molecule has 0 spiro atoms. The summed E-state index contributed by atoms with van der Waals surface area (Å²) >= 11 is 3.55. The molecule has 3 unspecified atom stereocenters. The Balaban J connectivity index is 2.34. The van der Waals surface area contributed by atoms with Gasteiger partial charge in [-0.25, -0.2) is 0 Å². The number of aliphatic hydroxyl groups is 1.